The third kappa shape index (κ3) is 7.85. The van der Waals surface area contributed by atoms with Gasteiger partial charge >= 0.3 is 0 Å². The van der Waals surface area contributed by atoms with Crippen molar-refractivity contribution in [3.8, 4) is 0 Å². The number of thiol groups is 1. The molecule has 21 heavy (non-hydrogen) atoms. The Kier molecular flexibility index (Phi) is 9.73. The van der Waals surface area contributed by atoms with Crippen molar-refractivity contribution < 1.29 is 8.78 Å². The predicted octanol–water partition coefficient (Wildman–Crippen LogP) is 6.72. The average molecular weight is 314 g/mol. The van der Waals surface area contributed by atoms with Crippen molar-refractivity contribution in [3.63, 3.8) is 0 Å². The lowest BCUT2D eigenvalue weighted by Gasteiger charge is -2.05. The molecule has 0 heterocycles. The van der Waals surface area contributed by atoms with Crippen LogP contribution in [-0.2, 0) is 6.42 Å². The standard InChI is InChI=1S/C18H28F2S/c1-2-3-4-5-6-7-8-9-10-11-12-15-13-17(20)18(21)14-16(15)19/h13-14,21H,2-12H2,1H3. The van der Waals surface area contributed by atoms with E-state index >= 15 is 0 Å². The van der Waals surface area contributed by atoms with E-state index in [0.717, 1.165) is 12.8 Å². The summed E-state index contributed by atoms with van der Waals surface area (Å²) in [5, 5.41) is 0. The molecule has 0 aliphatic rings. The number of hydrogen-bond donors (Lipinski definition) is 1. The van der Waals surface area contributed by atoms with Crippen LogP contribution in [0.1, 0.15) is 76.7 Å². The summed E-state index contributed by atoms with van der Waals surface area (Å²) in [6.07, 6.45) is 13.1. The number of aryl methyl sites for hydroxylation is 1. The van der Waals surface area contributed by atoms with Crippen molar-refractivity contribution >= 4 is 12.6 Å². The molecule has 0 saturated carbocycles. The van der Waals surface area contributed by atoms with Gasteiger partial charge in [0.1, 0.15) is 11.6 Å². The summed E-state index contributed by atoms with van der Waals surface area (Å²) in [5.74, 6) is -0.765. The summed E-state index contributed by atoms with van der Waals surface area (Å²) in [6, 6.07) is 2.45. The van der Waals surface area contributed by atoms with Crippen molar-refractivity contribution in [2.75, 3.05) is 0 Å². The van der Waals surface area contributed by atoms with Gasteiger partial charge in [0, 0.05) is 4.90 Å². The topological polar surface area (TPSA) is 0 Å². The SMILES string of the molecule is CCCCCCCCCCCCc1cc(F)c(S)cc1F. The van der Waals surface area contributed by atoms with Crippen LogP contribution in [0.3, 0.4) is 0 Å². The van der Waals surface area contributed by atoms with Gasteiger partial charge in [-0.2, -0.15) is 0 Å². The van der Waals surface area contributed by atoms with Gasteiger partial charge in [-0.05, 0) is 30.5 Å². The van der Waals surface area contributed by atoms with Gasteiger partial charge < -0.3 is 0 Å². The lowest BCUT2D eigenvalue weighted by atomic mass is 10.0. The van der Waals surface area contributed by atoms with Crippen LogP contribution in [0.2, 0.25) is 0 Å². The molecule has 0 N–H and O–H groups in total. The molecule has 1 aromatic carbocycles. The zero-order valence-electron chi connectivity index (χ0n) is 13.1. The average Bonchev–Trinajstić information content (AvgIpc) is 2.46. The van der Waals surface area contributed by atoms with Crippen LogP contribution in [-0.4, -0.2) is 0 Å². The molecule has 0 saturated heterocycles. The number of rotatable bonds is 11. The molecule has 0 aliphatic heterocycles. The zero-order valence-corrected chi connectivity index (χ0v) is 14.0. The minimum absolute atomic E-state index is 0.0827. The van der Waals surface area contributed by atoms with Gasteiger partial charge in [0.2, 0.25) is 0 Å². The smallest absolute Gasteiger partial charge is 0.136 e. The highest BCUT2D eigenvalue weighted by molar-refractivity contribution is 7.80. The Bertz CT molecular complexity index is 404. The summed E-state index contributed by atoms with van der Waals surface area (Å²) in [6.45, 7) is 2.23. The Morgan fingerprint density at radius 3 is 1.86 bits per heavy atom. The maximum Gasteiger partial charge on any atom is 0.136 e. The first kappa shape index (κ1) is 18.5. The van der Waals surface area contributed by atoms with Gasteiger partial charge in [-0.25, -0.2) is 8.78 Å². The summed E-state index contributed by atoms with van der Waals surface area (Å²) in [7, 11) is 0. The highest BCUT2D eigenvalue weighted by Gasteiger charge is 2.07. The van der Waals surface area contributed by atoms with E-state index in [9.17, 15) is 8.78 Å². The van der Waals surface area contributed by atoms with Gasteiger partial charge in [0.15, 0.2) is 0 Å². The molecule has 0 radical (unpaired) electrons. The van der Waals surface area contributed by atoms with Gasteiger partial charge in [-0.1, -0.05) is 64.7 Å². The third-order valence-electron chi connectivity index (χ3n) is 3.92. The van der Waals surface area contributed by atoms with E-state index in [1.165, 1.54) is 63.5 Å². The summed E-state index contributed by atoms with van der Waals surface area (Å²) >= 11 is 3.88. The fourth-order valence-electron chi connectivity index (χ4n) is 2.57. The molecular formula is C18H28F2S. The Morgan fingerprint density at radius 2 is 1.29 bits per heavy atom. The minimum Gasteiger partial charge on any atom is -0.207 e. The van der Waals surface area contributed by atoms with Gasteiger partial charge in [0.05, 0.1) is 0 Å². The first-order chi connectivity index (χ1) is 10.1. The molecule has 0 aliphatic carbocycles. The van der Waals surface area contributed by atoms with Gasteiger partial charge in [-0.3, -0.25) is 0 Å². The number of halogens is 2. The van der Waals surface area contributed by atoms with Crippen LogP contribution >= 0.6 is 12.6 Å². The van der Waals surface area contributed by atoms with E-state index in [0.29, 0.717) is 12.0 Å². The summed E-state index contributed by atoms with van der Waals surface area (Å²) in [5.41, 5.74) is 0.477. The maximum absolute atomic E-state index is 13.6. The first-order valence-corrected chi connectivity index (χ1v) is 8.76. The van der Waals surface area contributed by atoms with Crippen LogP contribution in [0.5, 0.6) is 0 Å². The molecular weight excluding hydrogens is 286 g/mol. The zero-order chi connectivity index (χ0) is 15.5. The van der Waals surface area contributed by atoms with Crippen molar-refractivity contribution in [1.82, 2.24) is 0 Å². The molecule has 0 atom stereocenters. The van der Waals surface area contributed by atoms with Crippen molar-refractivity contribution in [2.24, 2.45) is 0 Å². The molecule has 120 valence electrons. The largest absolute Gasteiger partial charge is 0.207 e. The Balaban J connectivity index is 2.05. The normalized spacial score (nSPS) is 11.0. The fraction of sp³-hybridized carbons (Fsp3) is 0.667. The lowest BCUT2D eigenvalue weighted by molar-refractivity contribution is 0.543. The van der Waals surface area contributed by atoms with Crippen LogP contribution in [0, 0.1) is 11.6 Å². The van der Waals surface area contributed by atoms with E-state index in [1.807, 2.05) is 0 Å². The molecule has 1 rings (SSSR count). The Morgan fingerprint density at radius 1 is 0.762 bits per heavy atom. The van der Waals surface area contributed by atoms with E-state index in [4.69, 9.17) is 0 Å². The molecule has 0 bridgehead atoms. The van der Waals surface area contributed by atoms with Crippen LogP contribution < -0.4 is 0 Å². The van der Waals surface area contributed by atoms with Crippen molar-refractivity contribution in [2.45, 2.75) is 82.4 Å². The van der Waals surface area contributed by atoms with Crippen LogP contribution in [0.25, 0.3) is 0 Å². The van der Waals surface area contributed by atoms with Gasteiger partial charge in [-0.15, -0.1) is 12.6 Å². The second-order valence-corrected chi connectivity index (χ2v) is 6.31. The van der Waals surface area contributed by atoms with Gasteiger partial charge in [0.25, 0.3) is 0 Å². The summed E-state index contributed by atoms with van der Waals surface area (Å²) in [4.78, 5) is 0.0827. The highest BCUT2D eigenvalue weighted by Crippen LogP contribution is 2.20. The molecule has 0 fully saturated rings. The number of unbranched alkanes of at least 4 members (excludes halogenated alkanes) is 9. The van der Waals surface area contributed by atoms with Crippen molar-refractivity contribution in [1.29, 1.82) is 0 Å². The second kappa shape index (κ2) is 11.1. The molecule has 1 aromatic rings. The number of hydrogen-bond acceptors (Lipinski definition) is 1. The maximum atomic E-state index is 13.6. The predicted molar refractivity (Wildman–Crippen MR) is 89.2 cm³/mol. The third-order valence-corrected chi connectivity index (χ3v) is 4.26. The molecule has 3 heteroatoms. The molecule has 0 amide bonds. The molecule has 0 nitrogen and oxygen atoms in total. The second-order valence-electron chi connectivity index (χ2n) is 5.83. The van der Waals surface area contributed by atoms with E-state index in [2.05, 4.69) is 19.6 Å². The molecule has 0 aromatic heterocycles. The van der Waals surface area contributed by atoms with Crippen molar-refractivity contribution in [3.05, 3.63) is 29.3 Å². The van der Waals surface area contributed by atoms with Crippen LogP contribution in [0.15, 0.2) is 17.0 Å². The molecule has 0 spiro atoms. The minimum atomic E-state index is -0.429. The lowest BCUT2D eigenvalue weighted by Crippen LogP contribution is -1.94. The highest BCUT2D eigenvalue weighted by atomic mass is 32.1. The molecule has 0 unspecified atom stereocenters. The quantitative estimate of drug-likeness (QED) is 0.340. The van der Waals surface area contributed by atoms with Crippen LogP contribution in [0.4, 0.5) is 8.78 Å². The first-order valence-electron chi connectivity index (χ1n) is 8.32. The van der Waals surface area contributed by atoms with E-state index in [-0.39, 0.29) is 10.7 Å². The van der Waals surface area contributed by atoms with E-state index < -0.39 is 5.82 Å². The number of benzene rings is 1. The Labute approximate surface area is 133 Å². The monoisotopic (exact) mass is 314 g/mol. The Hall–Kier alpha value is -0.570. The fourth-order valence-corrected chi connectivity index (χ4v) is 2.75. The van der Waals surface area contributed by atoms with E-state index in [1.54, 1.807) is 0 Å². The summed E-state index contributed by atoms with van der Waals surface area (Å²) < 4.78 is 26.9.